The van der Waals surface area contributed by atoms with E-state index in [-0.39, 0.29) is 11.2 Å². The van der Waals surface area contributed by atoms with Crippen molar-refractivity contribution in [2.24, 2.45) is 0 Å². The highest BCUT2D eigenvalue weighted by Crippen LogP contribution is 2.46. The van der Waals surface area contributed by atoms with Crippen LogP contribution in [0.1, 0.15) is 10.6 Å². The van der Waals surface area contributed by atoms with Gasteiger partial charge >= 0.3 is 6.18 Å². The van der Waals surface area contributed by atoms with Gasteiger partial charge in [-0.05, 0) is 24.3 Å². The number of nitrogens with two attached hydrogens (primary N) is 1. The Morgan fingerprint density at radius 3 is 2.36 bits per heavy atom. The smallest absolute Gasteiger partial charge is 0.384 e. The minimum absolute atomic E-state index is 0.277. The number of nitrogens with zero attached hydrogens (tertiary/aromatic N) is 2. The average molecular weight is 406 g/mol. The van der Waals surface area contributed by atoms with Gasteiger partial charge in [-0.25, -0.2) is 9.67 Å². The third-order valence-electron chi connectivity index (χ3n) is 4.31. The summed E-state index contributed by atoms with van der Waals surface area (Å²) < 4.78 is 43.5. The Hall–Kier alpha value is -3.11. The summed E-state index contributed by atoms with van der Waals surface area (Å²) in [6.07, 6.45) is -5.23. The third-order valence-corrected chi connectivity index (χ3v) is 5.45. The maximum absolute atomic E-state index is 14.1. The Morgan fingerprint density at radius 1 is 1.07 bits per heavy atom. The fraction of sp³-hybridized carbons (Fsp3) is 0.111. The molecule has 2 heterocycles. The van der Waals surface area contributed by atoms with Crippen molar-refractivity contribution in [2.45, 2.75) is 11.8 Å². The molecule has 4 rings (SSSR count). The normalized spacial score (nSPS) is 14.3. The minimum Gasteiger partial charge on any atom is -0.384 e. The zero-order valence-corrected chi connectivity index (χ0v) is 14.9. The number of rotatable bonds is 3. The van der Waals surface area contributed by atoms with Gasteiger partial charge in [0.1, 0.15) is 16.4 Å². The monoisotopic (exact) mass is 406 g/mol. The number of hydrogen-bond donors (Lipinski definition) is 3. The predicted octanol–water partition coefficient (Wildman–Crippen LogP) is 3.16. The van der Waals surface area contributed by atoms with Crippen molar-refractivity contribution in [3.05, 3.63) is 75.5 Å². The molecule has 6 nitrogen and oxygen atoms in total. The van der Waals surface area contributed by atoms with Crippen molar-refractivity contribution in [3.8, 4) is 5.69 Å². The molecular formula is C18H13F3N4O2S. The summed E-state index contributed by atoms with van der Waals surface area (Å²) in [5.74, 6) is -0.590. The number of aliphatic hydroxyl groups is 1. The number of nitrogens with one attached hydrogen (secondary N) is 1. The standard InChI is InChI=1S/C18H13F3N4O2S/c19-18(20,21)17(27,16-23-11-8-4-5-9-12(11)28-16)13-14(22)24-25(15(13)26)10-6-2-1-3-7-10/h1-9,24,27H,22H2/t17-/m0/s1. The van der Waals surface area contributed by atoms with Gasteiger partial charge in [0.05, 0.1) is 15.9 Å². The summed E-state index contributed by atoms with van der Waals surface area (Å²) >= 11 is 0.650. The van der Waals surface area contributed by atoms with Gasteiger partial charge in [0.15, 0.2) is 0 Å². The Balaban J connectivity index is 2.00. The molecule has 0 aliphatic carbocycles. The first-order valence-electron chi connectivity index (χ1n) is 8.05. The lowest BCUT2D eigenvalue weighted by Gasteiger charge is -2.27. The van der Waals surface area contributed by atoms with Crippen LogP contribution in [-0.4, -0.2) is 26.0 Å². The summed E-state index contributed by atoms with van der Waals surface area (Å²) in [6, 6.07) is 14.3. The highest BCUT2D eigenvalue weighted by Gasteiger charge is 2.61. The molecule has 4 aromatic rings. The number of aromatic nitrogens is 3. The number of fused-ring (bicyclic) bond motifs is 1. The van der Waals surface area contributed by atoms with Crippen molar-refractivity contribution < 1.29 is 18.3 Å². The van der Waals surface area contributed by atoms with E-state index in [1.165, 1.54) is 18.2 Å². The number of nitrogen functional groups attached to an aromatic ring is 1. The molecule has 2 aromatic heterocycles. The minimum atomic E-state index is -5.23. The van der Waals surface area contributed by atoms with Crippen molar-refractivity contribution >= 4 is 27.4 Å². The molecule has 0 saturated heterocycles. The number of anilines is 1. The number of hydrogen-bond acceptors (Lipinski definition) is 5. The van der Waals surface area contributed by atoms with Gasteiger partial charge in [-0.15, -0.1) is 11.3 Å². The van der Waals surface area contributed by atoms with Crippen LogP contribution < -0.4 is 11.3 Å². The van der Waals surface area contributed by atoms with Crippen LogP contribution in [0.4, 0.5) is 19.0 Å². The van der Waals surface area contributed by atoms with Gasteiger partial charge in [0.25, 0.3) is 5.56 Å². The van der Waals surface area contributed by atoms with Crippen LogP contribution in [0.15, 0.2) is 59.4 Å². The third kappa shape index (κ3) is 2.60. The molecule has 0 unspecified atom stereocenters. The molecule has 144 valence electrons. The maximum atomic E-state index is 14.1. The molecule has 0 fully saturated rings. The van der Waals surface area contributed by atoms with Crippen LogP contribution in [-0.2, 0) is 5.60 Å². The number of thiazole rings is 1. The van der Waals surface area contributed by atoms with Gasteiger partial charge < -0.3 is 10.8 Å². The van der Waals surface area contributed by atoms with Crippen LogP contribution >= 0.6 is 11.3 Å². The van der Waals surface area contributed by atoms with Crippen LogP contribution in [0.25, 0.3) is 15.9 Å². The van der Waals surface area contributed by atoms with Crippen LogP contribution in [0, 0.1) is 0 Å². The quantitative estimate of drug-likeness (QED) is 0.487. The Labute approximate surface area is 159 Å². The zero-order chi connectivity index (χ0) is 20.1. The molecule has 0 bridgehead atoms. The van der Waals surface area contributed by atoms with Gasteiger partial charge in [-0.3, -0.25) is 9.89 Å². The second kappa shape index (κ2) is 6.21. The van der Waals surface area contributed by atoms with Crippen molar-refractivity contribution in [1.29, 1.82) is 0 Å². The lowest BCUT2D eigenvalue weighted by atomic mass is 9.95. The number of aromatic amines is 1. The molecule has 0 aliphatic rings. The first-order valence-corrected chi connectivity index (χ1v) is 8.86. The molecule has 4 N–H and O–H groups in total. The number of para-hydroxylation sites is 2. The van der Waals surface area contributed by atoms with E-state index in [0.717, 1.165) is 4.68 Å². The Kier molecular flexibility index (Phi) is 4.05. The Morgan fingerprint density at radius 2 is 1.71 bits per heavy atom. The van der Waals surface area contributed by atoms with Gasteiger partial charge in [-0.1, -0.05) is 30.3 Å². The van der Waals surface area contributed by atoms with E-state index < -0.39 is 33.7 Å². The summed E-state index contributed by atoms with van der Waals surface area (Å²) in [6.45, 7) is 0. The molecule has 10 heteroatoms. The van der Waals surface area contributed by atoms with E-state index in [9.17, 15) is 23.1 Å². The summed E-state index contributed by atoms with van der Waals surface area (Å²) in [7, 11) is 0. The molecule has 0 amide bonds. The van der Waals surface area contributed by atoms with E-state index in [0.29, 0.717) is 16.0 Å². The second-order valence-corrected chi connectivity index (χ2v) is 7.10. The fourth-order valence-corrected chi connectivity index (χ4v) is 4.04. The average Bonchev–Trinajstić information content (AvgIpc) is 3.22. The van der Waals surface area contributed by atoms with Crippen LogP contribution in [0.2, 0.25) is 0 Å². The number of H-pyrrole nitrogens is 1. The SMILES string of the molecule is Nc1[nH]n(-c2ccccc2)c(=O)c1[C@](O)(c1nc2ccccc2s1)C(F)(F)F. The summed E-state index contributed by atoms with van der Waals surface area (Å²) in [5.41, 5.74) is 0.514. The molecule has 2 aromatic carbocycles. The first kappa shape index (κ1) is 18.3. The van der Waals surface area contributed by atoms with Crippen molar-refractivity contribution in [2.75, 3.05) is 5.73 Å². The molecule has 28 heavy (non-hydrogen) atoms. The number of halogens is 3. The van der Waals surface area contributed by atoms with Gasteiger partial charge in [-0.2, -0.15) is 13.2 Å². The summed E-state index contributed by atoms with van der Waals surface area (Å²) in [5, 5.41) is 12.6. The fourth-order valence-electron chi connectivity index (χ4n) is 2.96. The van der Waals surface area contributed by atoms with Crippen LogP contribution in [0.3, 0.4) is 0 Å². The first-order chi connectivity index (χ1) is 13.2. The van der Waals surface area contributed by atoms with E-state index in [1.54, 1.807) is 36.4 Å². The number of alkyl halides is 3. The molecule has 0 saturated carbocycles. The second-order valence-electron chi connectivity index (χ2n) is 6.07. The maximum Gasteiger partial charge on any atom is 0.428 e. The molecule has 0 aliphatic heterocycles. The molecule has 0 spiro atoms. The van der Waals surface area contributed by atoms with Gasteiger partial charge in [0.2, 0.25) is 5.60 Å². The van der Waals surface area contributed by atoms with E-state index in [4.69, 9.17) is 5.73 Å². The van der Waals surface area contributed by atoms with E-state index >= 15 is 0 Å². The zero-order valence-electron chi connectivity index (χ0n) is 14.1. The molecule has 1 atom stereocenters. The predicted molar refractivity (Wildman–Crippen MR) is 99.5 cm³/mol. The highest BCUT2D eigenvalue weighted by molar-refractivity contribution is 7.18. The molecule has 0 radical (unpaired) electrons. The van der Waals surface area contributed by atoms with Crippen molar-refractivity contribution in [1.82, 2.24) is 14.8 Å². The summed E-state index contributed by atoms with van der Waals surface area (Å²) in [4.78, 5) is 16.8. The largest absolute Gasteiger partial charge is 0.428 e. The van der Waals surface area contributed by atoms with E-state index in [1.807, 2.05) is 0 Å². The Bertz CT molecular complexity index is 1180. The lowest BCUT2D eigenvalue weighted by Crippen LogP contribution is -2.46. The topological polar surface area (TPSA) is 96.9 Å². The van der Waals surface area contributed by atoms with Crippen LogP contribution in [0.5, 0.6) is 0 Å². The van der Waals surface area contributed by atoms with Crippen molar-refractivity contribution in [3.63, 3.8) is 0 Å². The van der Waals surface area contributed by atoms with E-state index in [2.05, 4.69) is 10.1 Å². The van der Waals surface area contributed by atoms with Gasteiger partial charge in [0, 0.05) is 0 Å². The lowest BCUT2D eigenvalue weighted by molar-refractivity contribution is -0.248. The molecular weight excluding hydrogens is 393 g/mol. The highest BCUT2D eigenvalue weighted by atomic mass is 32.1. The number of benzene rings is 2.